The lowest BCUT2D eigenvalue weighted by Crippen LogP contribution is -2.26. The molecule has 0 saturated heterocycles. The van der Waals surface area contributed by atoms with Crippen LogP contribution in [0.2, 0.25) is 0 Å². The van der Waals surface area contributed by atoms with Crippen LogP contribution in [0.15, 0.2) is 65.5 Å². The van der Waals surface area contributed by atoms with E-state index >= 15 is 0 Å². The summed E-state index contributed by atoms with van der Waals surface area (Å²) in [6.45, 7) is 2.68. The number of hydrogen-bond acceptors (Lipinski definition) is 6. The number of aromatic nitrogens is 2. The van der Waals surface area contributed by atoms with E-state index in [4.69, 9.17) is 9.84 Å². The molecule has 0 aliphatic carbocycles. The molecule has 0 fully saturated rings. The van der Waals surface area contributed by atoms with Crippen molar-refractivity contribution in [2.24, 2.45) is 0 Å². The van der Waals surface area contributed by atoms with E-state index in [1.54, 1.807) is 31.2 Å². The van der Waals surface area contributed by atoms with Crippen LogP contribution < -0.4 is 16.2 Å². The van der Waals surface area contributed by atoms with E-state index in [0.717, 1.165) is 16.7 Å². The summed E-state index contributed by atoms with van der Waals surface area (Å²) in [6, 6.07) is 17.6. The van der Waals surface area contributed by atoms with E-state index in [-0.39, 0.29) is 37.6 Å². The molecule has 3 N–H and O–H groups in total. The maximum atomic E-state index is 12.4. The van der Waals surface area contributed by atoms with Crippen LogP contribution in [-0.2, 0) is 22.5 Å². The highest BCUT2D eigenvalue weighted by atomic mass is 16.5. The number of nitrogens with zero attached hydrogens (tertiary/aromatic N) is 2. The van der Waals surface area contributed by atoms with E-state index in [1.165, 1.54) is 10.7 Å². The molecule has 0 aliphatic rings. The lowest BCUT2D eigenvalue weighted by Gasteiger charge is -2.10. The summed E-state index contributed by atoms with van der Waals surface area (Å²) < 4.78 is 6.25. The fourth-order valence-electron chi connectivity index (χ4n) is 3.32. The molecule has 1 heterocycles. The van der Waals surface area contributed by atoms with E-state index in [2.05, 4.69) is 15.7 Å². The zero-order valence-electron chi connectivity index (χ0n) is 19.0. The lowest BCUT2D eigenvalue weighted by atomic mass is 10.1. The first-order valence-electron chi connectivity index (χ1n) is 11.1. The summed E-state index contributed by atoms with van der Waals surface area (Å²) in [4.78, 5) is 36.2. The van der Waals surface area contributed by atoms with Crippen molar-refractivity contribution in [3.63, 3.8) is 0 Å². The van der Waals surface area contributed by atoms with Gasteiger partial charge in [0.05, 0.1) is 25.3 Å². The second kappa shape index (κ2) is 12.3. The molecular formula is C25H28N4O5. The third kappa shape index (κ3) is 7.28. The highest BCUT2D eigenvalue weighted by Gasteiger charge is 2.09. The van der Waals surface area contributed by atoms with Gasteiger partial charge in [-0.05, 0) is 48.7 Å². The molecule has 178 valence electrons. The smallest absolute Gasteiger partial charge is 0.411 e. The average molecular weight is 465 g/mol. The van der Waals surface area contributed by atoms with E-state index in [9.17, 15) is 14.4 Å². The van der Waals surface area contributed by atoms with Crippen LogP contribution in [0.4, 0.5) is 10.5 Å². The standard InChI is InChI=1S/C25H28N4O5/c1-2-34-25(33)27-21-9-4-7-19(15-21)17-29-24(32)11-10-22(28-29)20-8-3-6-18(14-20)16-23(31)26-12-5-13-30/h3-4,6-11,14-15,30H,2,5,12-13,16-17H2,1H3,(H,26,31)(H,27,33). The molecule has 3 rings (SSSR count). The number of hydrogen-bond donors (Lipinski definition) is 3. The molecule has 9 nitrogen and oxygen atoms in total. The van der Waals surface area contributed by atoms with Gasteiger partial charge in [0.1, 0.15) is 0 Å². The Morgan fingerprint density at radius 2 is 1.85 bits per heavy atom. The van der Waals surface area contributed by atoms with Crippen LogP contribution in [0, 0.1) is 0 Å². The molecule has 34 heavy (non-hydrogen) atoms. The Morgan fingerprint density at radius 3 is 2.65 bits per heavy atom. The van der Waals surface area contributed by atoms with Crippen LogP contribution in [0.5, 0.6) is 0 Å². The molecule has 0 bridgehead atoms. The summed E-state index contributed by atoms with van der Waals surface area (Å²) in [7, 11) is 0. The molecule has 0 atom stereocenters. The van der Waals surface area contributed by atoms with Gasteiger partial charge in [-0.15, -0.1) is 0 Å². The predicted molar refractivity (Wildman–Crippen MR) is 129 cm³/mol. The van der Waals surface area contributed by atoms with Gasteiger partial charge in [-0.25, -0.2) is 9.48 Å². The molecule has 3 aromatic rings. The van der Waals surface area contributed by atoms with Crippen molar-refractivity contribution < 1.29 is 19.4 Å². The number of carbonyl (C=O) groups is 2. The van der Waals surface area contributed by atoms with Crippen LogP contribution in [0.25, 0.3) is 11.3 Å². The first-order valence-corrected chi connectivity index (χ1v) is 11.1. The van der Waals surface area contributed by atoms with Gasteiger partial charge in [0.2, 0.25) is 5.91 Å². The Balaban J connectivity index is 1.75. The summed E-state index contributed by atoms with van der Waals surface area (Å²) in [5, 5.41) is 18.7. The fourth-order valence-corrected chi connectivity index (χ4v) is 3.32. The van der Waals surface area contributed by atoms with Gasteiger partial charge in [-0.2, -0.15) is 5.10 Å². The molecule has 0 saturated carbocycles. The minimum absolute atomic E-state index is 0.0311. The molecule has 1 aromatic heterocycles. The zero-order chi connectivity index (χ0) is 24.3. The van der Waals surface area contributed by atoms with Crippen molar-refractivity contribution >= 4 is 17.7 Å². The summed E-state index contributed by atoms with van der Waals surface area (Å²) in [6.07, 6.45) is 0.178. The van der Waals surface area contributed by atoms with Crippen molar-refractivity contribution in [3.05, 3.63) is 82.1 Å². The van der Waals surface area contributed by atoms with Crippen molar-refractivity contribution in [1.29, 1.82) is 0 Å². The fraction of sp³-hybridized carbons (Fsp3) is 0.280. The number of carbonyl (C=O) groups excluding carboxylic acids is 2. The first kappa shape index (κ1) is 24.7. The van der Waals surface area contributed by atoms with Crippen LogP contribution in [-0.4, -0.2) is 46.6 Å². The Kier molecular flexibility index (Phi) is 8.93. The lowest BCUT2D eigenvalue weighted by molar-refractivity contribution is -0.120. The van der Waals surface area contributed by atoms with Gasteiger partial charge in [0.25, 0.3) is 5.56 Å². The molecule has 2 aromatic carbocycles. The van der Waals surface area contributed by atoms with Gasteiger partial charge >= 0.3 is 6.09 Å². The molecule has 2 amide bonds. The van der Waals surface area contributed by atoms with Crippen LogP contribution in [0.1, 0.15) is 24.5 Å². The quantitative estimate of drug-likeness (QED) is 0.397. The largest absolute Gasteiger partial charge is 0.450 e. The van der Waals surface area contributed by atoms with Gasteiger partial charge < -0.3 is 15.2 Å². The second-order valence-electron chi connectivity index (χ2n) is 7.56. The van der Waals surface area contributed by atoms with E-state index in [1.807, 2.05) is 30.3 Å². The zero-order valence-corrected chi connectivity index (χ0v) is 19.0. The SMILES string of the molecule is CCOC(=O)Nc1cccc(Cn2nc(-c3cccc(CC(=O)NCCCO)c3)ccc2=O)c1. The van der Waals surface area contributed by atoms with Gasteiger partial charge in [-0.3, -0.25) is 14.9 Å². The number of nitrogens with one attached hydrogen (secondary N) is 2. The maximum absolute atomic E-state index is 12.4. The Hall–Kier alpha value is -3.98. The minimum Gasteiger partial charge on any atom is -0.450 e. The molecular weight excluding hydrogens is 436 g/mol. The van der Waals surface area contributed by atoms with Crippen LogP contribution in [0.3, 0.4) is 0 Å². The number of benzene rings is 2. The topological polar surface area (TPSA) is 123 Å². The highest BCUT2D eigenvalue weighted by molar-refractivity contribution is 5.84. The van der Waals surface area contributed by atoms with Crippen molar-refractivity contribution in [3.8, 4) is 11.3 Å². The summed E-state index contributed by atoms with van der Waals surface area (Å²) in [5.74, 6) is -0.125. The molecule has 0 unspecified atom stereocenters. The number of ether oxygens (including phenoxy) is 1. The van der Waals surface area contributed by atoms with Gasteiger partial charge in [0, 0.05) is 30.5 Å². The van der Waals surface area contributed by atoms with Crippen LogP contribution >= 0.6 is 0 Å². The molecule has 0 radical (unpaired) electrons. The minimum atomic E-state index is -0.543. The van der Waals surface area contributed by atoms with E-state index in [0.29, 0.717) is 24.3 Å². The number of anilines is 1. The monoisotopic (exact) mass is 464 g/mol. The second-order valence-corrected chi connectivity index (χ2v) is 7.56. The molecule has 0 aliphatic heterocycles. The Morgan fingerprint density at radius 1 is 1.06 bits per heavy atom. The van der Waals surface area contributed by atoms with Crippen molar-refractivity contribution in [2.75, 3.05) is 25.1 Å². The van der Waals surface area contributed by atoms with Crippen molar-refractivity contribution in [1.82, 2.24) is 15.1 Å². The predicted octanol–water partition coefficient (Wildman–Crippen LogP) is 2.57. The third-order valence-corrected chi connectivity index (χ3v) is 4.89. The first-order chi connectivity index (χ1) is 16.5. The number of rotatable bonds is 10. The third-order valence-electron chi connectivity index (χ3n) is 4.89. The average Bonchev–Trinajstić information content (AvgIpc) is 2.81. The summed E-state index contributed by atoms with van der Waals surface area (Å²) in [5.41, 5.74) is 3.29. The normalized spacial score (nSPS) is 10.5. The number of aliphatic hydroxyl groups excluding tert-OH is 1. The Bertz CT molecular complexity index is 1190. The van der Waals surface area contributed by atoms with Gasteiger partial charge in [0.15, 0.2) is 0 Å². The number of aliphatic hydroxyl groups is 1. The highest BCUT2D eigenvalue weighted by Crippen LogP contribution is 2.18. The van der Waals surface area contributed by atoms with E-state index < -0.39 is 6.09 Å². The van der Waals surface area contributed by atoms with Crippen molar-refractivity contribution in [2.45, 2.75) is 26.3 Å². The molecule has 9 heteroatoms. The molecule has 0 spiro atoms. The van der Waals surface area contributed by atoms with Gasteiger partial charge in [-0.1, -0.05) is 30.3 Å². The number of amides is 2. The maximum Gasteiger partial charge on any atom is 0.411 e. The Labute approximate surface area is 197 Å². The summed E-state index contributed by atoms with van der Waals surface area (Å²) >= 11 is 0.